The minimum atomic E-state index is -0.287. The Labute approximate surface area is 144 Å². The van der Waals surface area contributed by atoms with E-state index in [1.54, 1.807) is 30.3 Å². The Morgan fingerprint density at radius 2 is 1.36 bits per heavy atom. The second-order valence-corrected chi connectivity index (χ2v) is 6.12. The van der Waals surface area contributed by atoms with Crippen LogP contribution in [0.15, 0.2) is 66.7 Å². The van der Waals surface area contributed by atoms with Gasteiger partial charge in [-0.15, -0.1) is 0 Å². The number of carbonyl (C=O) groups is 2. The van der Waals surface area contributed by atoms with Crippen molar-refractivity contribution >= 4 is 17.5 Å². The van der Waals surface area contributed by atoms with Crippen LogP contribution in [0.1, 0.15) is 26.3 Å². The van der Waals surface area contributed by atoms with Gasteiger partial charge in [-0.05, 0) is 41.5 Å². The summed E-state index contributed by atoms with van der Waals surface area (Å²) in [6, 6.07) is 20.3. The molecular formula is C21H13NO3. The zero-order valence-corrected chi connectivity index (χ0v) is 13.2. The van der Waals surface area contributed by atoms with Crippen LogP contribution < -0.4 is 9.64 Å². The number of ether oxygens (including phenoxy) is 1. The van der Waals surface area contributed by atoms with Gasteiger partial charge in [0.25, 0.3) is 11.8 Å². The van der Waals surface area contributed by atoms with Crippen LogP contribution in [-0.2, 0) is 6.61 Å². The van der Waals surface area contributed by atoms with E-state index in [1.807, 2.05) is 36.4 Å². The Hall–Kier alpha value is -3.40. The maximum absolute atomic E-state index is 12.7. The predicted molar refractivity (Wildman–Crippen MR) is 93.8 cm³/mol. The van der Waals surface area contributed by atoms with Crippen molar-refractivity contribution in [2.75, 3.05) is 4.90 Å². The molecule has 0 fully saturated rings. The van der Waals surface area contributed by atoms with Crippen molar-refractivity contribution in [3.63, 3.8) is 0 Å². The van der Waals surface area contributed by atoms with E-state index in [-0.39, 0.29) is 11.8 Å². The number of carbonyl (C=O) groups excluding carboxylic acids is 2. The maximum Gasteiger partial charge on any atom is 0.266 e. The van der Waals surface area contributed by atoms with Gasteiger partial charge in [0.2, 0.25) is 0 Å². The number of fused-ring (bicyclic) bond motifs is 4. The first-order chi connectivity index (χ1) is 12.2. The highest BCUT2D eigenvalue weighted by molar-refractivity contribution is 6.34. The third-order valence-electron chi connectivity index (χ3n) is 4.71. The summed E-state index contributed by atoms with van der Waals surface area (Å²) in [5, 5.41) is 0. The van der Waals surface area contributed by atoms with Crippen LogP contribution in [0.4, 0.5) is 5.69 Å². The van der Waals surface area contributed by atoms with Gasteiger partial charge in [0.15, 0.2) is 0 Å². The summed E-state index contributed by atoms with van der Waals surface area (Å²) in [6.45, 7) is 0.523. The molecule has 3 aromatic rings. The molecule has 0 aromatic heterocycles. The molecule has 2 amide bonds. The normalized spacial score (nSPS) is 14.6. The summed E-state index contributed by atoms with van der Waals surface area (Å²) in [4.78, 5) is 26.6. The SMILES string of the molecule is O=C1c2ccccc2C(=O)N1c1ccc2c(c1)-c1ccccc1CO2. The molecule has 2 heterocycles. The maximum atomic E-state index is 12.7. The minimum Gasteiger partial charge on any atom is -0.488 e. The van der Waals surface area contributed by atoms with Crippen LogP contribution in [0.5, 0.6) is 5.75 Å². The summed E-state index contributed by atoms with van der Waals surface area (Å²) in [7, 11) is 0. The lowest BCUT2D eigenvalue weighted by Gasteiger charge is -2.23. The lowest BCUT2D eigenvalue weighted by atomic mass is 9.96. The Kier molecular flexibility index (Phi) is 2.82. The summed E-state index contributed by atoms with van der Waals surface area (Å²) in [6.07, 6.45) is 0. The van der Waals surface area contributed by atoms with Crippen LogP contribution in [0.25, 0.3) is 11.1 Å². The molecule has 2 aliphatic heterocycles. The van der Waals surface area contributed by atoms with Gasteiger partial charge in [0.05, 0.1) is 16.8 Å². The van der Waals surface area contributed by atoms with E-state index in [0.29, 0.717) is 23.4 Å². The number of anilines is 1. The van der Waals surface area contributed by atoms with Gasteiger partial charge < -0.3 is 4.74 Å². The van der Waals surface area contributed by atoms with Gasteiger partial charge in [-0.25, -0.2) is 4.90 Å². The van der Waals surface area contributed by atoms with Crippen LogP contribution >= 0.6 is 0 Å². The summed E-state index contributed by atoms with van der Waals surface area (Å²) < 4.78 is 5.79. The molecule has 120 valence electrons. The van der Waals surface area contributed by atoms with Crippen molar-refractivity contribution in [1.82, 2.24) is 0 Å². The second kappa shape index (κ2) is 5.05. The predicted octanol–water partition coefficient (Wildman–Crippen LogP) is 4.05. The molecule has 0 spiro atoms. The largest absolute Gasteiger partial charge is 0.488 e. The molecule has 3 aromatic carbocycles. The first kappa shape index (κ1) is 14.0. The number of amides is 2. The van der Waals surface area contributed by atoms with Crippen LogP contribution in [-0.4, -0.2) is 11.8 Å². The summed E-state index contributed by atoms with van der Waals surface area (Å²) >= 11 is 0. The van der Waals surface area contributed by atoms with Crippen molar-refractivity contribution in [2.24, 2.45) is 0 Å². The average Bonchev–Trinajstić information content (AvgIpc) is 2.92. The van der Waals surface area contributed by atoms with E-state index in [1.165, 1.54) is 4.90 Å². The molecule has 0 saturated carbocycles. The molecule has 0 atom stereocenters. The smallest absolute Gasteiger partial charge is 0.266 e. The third-order valence-corrected chi connectivity index (χ3v) is 4.71. The lowest BCUT2D eigenvalue weighted by molar-refractivity contribution is 0.0926. The third kappa shape index (κ3) is 1.94. The van der Waals surface area contributed by atoms with E-state index in [0.717, 1.165) is 22.4 Å². The highest BCUT2D eigenvalue weighted by atomic mass is 16.5. The van der Waals surface area contributed by atoms with Crippen molar-refractivity contribution < 1.29 is 14.3 Å². The highest BCUT2D eigenvalue weighted by Crippen LogP contribution is 2.40. The molecule has 0 saturated heterocycles. The van der Waals surface area contributed by atoms with Crippen molar-refractivity contribution in [3.05, 3.63) is 83.4 Å². The fourth-order valence-electron chi connectivity index (χ4n) is 3.48. The van der Waals surface area contributed by atoms with Gasteiger partial charge in [-0.1, -0.05) is 36.4 Å². The van der Waals surface area contributed by atoms with Gasteiger partial charge in [0.1, 0.15) is 12.4 Å². The second-order valence-electron chi connectivity index (χ2n) is 6.12. The number of imide groups is 1. The topological polar surface area (TPSA) is 46.6 Å². The summed E-state index contributed by atoms with van der Waals surface area (Å²) in [5.74, 6) is 0.190. The van der Waals surface area contributed by atoms with Gasteiger partial charge in [0, 0.05) is 5.56 Å². The molecule has 2 aliphatic rings. The molecule has 0 bridgehead atoms. The van der Waals surface area contributed by atoms with E-state index < -0.39 is 0 Å². The van der Waals surface area contributed by atoms with Gasteiger partial charge in [-0.3, -0.25) is 9.59 Å². The highest BCUT2D eigenvalue weighted by Gasteiger charge is 2.36. The van der Waals surface area contributed by atoms with Gasteiger partial charge >= 0.3 is 0 Å². The van der Waals surface area contributed by atoms with Gasteiger partial charge in [-0.2, -0.15) is 0 Å². The Bertz CT molecular complexity index is 1020. The molecule has 0 unspecified atom stereocenters. The fourth-order valence-corrected chi connectivity index (χ4v) is 3.48. The molecular weight excluding hydrogens is 314 g/mol. The van der Waals surface area contributed by atoms with E-state index >= 15 is 0 Å². The first-order valence-electron chi connectivity index (χ1n) is 8.07. The first-order valence-corrected chi connectivity index (χ1v) is 8.07. The van der Waals surface area contributed by atoms with E-state index in [2.05, 4.69) is 0 Å². The fraction of sp³-hybridized carbons (Fsp3) is 0.0476. The molecule has 4 heteroatoms. The monoisotopic (exact) mass is 327 g/mol. The van der Waals surface area contributed by atoms with Crippen LogP contribution in [0.2, 0.25) is 0 Å². The molecule has 4 nitrogen and oxygen atoms in total. The van der Waals surface area contributed by atoms with Crippen molar-refractivity contribution in [2.45, 2.75) is 6.61 Å². The number of benzene rings is 3. The quantitative estimate of drug-likeness (QED) is 0.634. The number of hydrogen-bond donors (Lipinski definition) is 0. The molecule has 25 heavy (non-hydrogen) atoms. The standard InChI is InChI=1S/C21H13NO3/c23-20-16-7-3-4-8-17(16)21(24)22(20)14-9-10-19-18(11-14)15-6-2-1-5-13(15)12-25-19/h1-11H,12H2. The molecule has 0 aliphatic carbocycles. The van der Waals surface area contributed by atoms with Crippen molar-refractivity contribution in [3.8, 4) is 16.9 Å². The Morgan fingerprint density at radius 1 is 0.720 bits per heavy atom. The summed E-state index contributed by atoms with van der Waals surface area (Å²) in [5.41, 5.74) is 4.52. The van der Waals surface area contributed by atoms with E-state index in [4.69, 9.17) is 4.74 Å². The van der Waals surface area contributed by atoms with Crippen LogP contribution in [0.3, 0.4) is 0 Å². The number of hydrogen-bond acceptors (Lipinski definition) is 3. The molecule has 0 radical (unpaired) electrons. The Morgan fingerprint density at radius 3 is 2.08 bits per heavy atom. The number of nitrogens with zero attached hydrogens (tertiary/aromatic N) is 1. The van der Waals surface area contributed by atoms with Crippen LogP contribution in [0, 0.1) is 0 Å². The molecule has 0 N–H and O–H groups in total. The van der Waals surface area contributed by atoms with Crippen molar-refractivity contribution in [1.29, 1.82) is 0 Å². The lowest BCUT2D eigenvalue weighted by Crippen LogP contribution is -2.29. The zero-order valence-electron chi connectivity index (χ0n) is 13.2. The zero-order chi connectivity index (χ0) is 17.0. The Balaban J connectivity index is 1.64. The average molecular weight is 327 g/mol. The number of rotatable bonds is 1. The van der Waals surface area contributed by atoms with E-state index in [9.17, 15) is 9.59 Å². The minimum absolute atomic E-state index is 0.287. The molecule has 5 rings (SSSR count).